The number of nitrogens with zero attached hydrogens (tertiary/aromatic N) is 3. The van der Waals surface area contributed by atoms with Gasteiger partial charge in [-0.1, -0.05) is 19.4 Å². The summed E-state index contributed by atoms with van der Waals surface area (Å²) in [6.45, 7) is 2.12. The molecule has 1 N–H and O–H groups in total. The Bertz CT molecular complexity index is 483. The van der Waals surface area contributed by atoms with E-state index in [1.54, 1.807) is 12.3 Å². The summed E-state index contributed by atoms with van der Waals surface area (Å²) in [4.78, 5) is 17.9. The Kier molecular flexibility index (Phi) is 2.62. The van der Waals surface area contributed by atoms with Crippen molar-refractivity contribution in [2.75, 3.05) is 0 Å². The summed E-state index contributed by atoms with van der Waals surface area (Å²) >= 11 is 0. The number of hydrogen-bond donors (Lipinski definition) is 1. The van der Waals surface area contributed by atoms with E-state index in [1.165, 1.54) is 16.6 Å². The van der Waals surface area contributed by atoms with Crippen molar-refractivity contribution in [2.45, 2.75) is 19.8 Å². The maximum absolute atomic E-state index is 11.2. The second kappa shape index (κ2) is 4.08. The van der Waals surface area contributed by atoms with Gasteiger partial charge in [0.1, 0.15) is 6.33 Å². The minimum Gasteiger partial charge on any atom is -0.295 e. The molecular formula is C10H12N4O. The third-order valence-corrected chi connectivity index (χ3v) is 2.12. The van der Waals surface area contributed by atoms with Crippen molar-refractivity contribution in [1.82, 2.24) is 19.7 Å². The van der Waals surface area contributed by atoms with E-state index in [0.717, 1.165) is 12.8 Å². The highest BCUT2D eigenvalue weighted by molar-refractivity contribution is 5.23. The van der Waals surface area contributed by atoms with Gasteiger partial charge in [-0.05, 0) is 18.1 Å². The Morgan fingerprint density at radius 3 is 2.87 bits per heavy atom. The molecular weight excluding hydrogens is 192 g/mol. The molecule has 15 heavy (non-hydrogen) atoms. The van der Waals surface area contributed by atoms with Crippen molar-refractivity contribution in [1.29, 1.82) is 0 Å². The Balaban J connectivity index is 2.32. The van der Waals surface area contributed by atoms with Gasteiger partial charge in [-0.3, -0.25) is 4.98 Å². The minimum absolute atomic E-state index is 0.272. The van der Waals surface area contributed by atoms with Gasteiger partial charge in [0.05, 0.1) is 0 Å². The van der Waals surface area contributed by atoms with E-state index in [9.17, 15) is 4.79 Å². The highest BCUT2D eigenvalue weighted by atomic mass is 16.1. The predicted octanol–water partition coefficient (Wildman–Crippen LogP) is 0.908. The second-order valence-electron chi connectivity index (χ2n) is 3.28. The normalized spacial score (nSPS) is 10.5. The summed E-state index contributed by atoms with van der Waals surface area (Å²) in [5.41, 5.74) is 0.899. The topological polar surface area (TPSA) is 63.6 Å². The van der Waals surface area contributed by atoms with Gasteiger partial charge in [-0.25, -0.2) is 9.78 Å². The average Bonchev–Trinajstić information content (AvgIpc) is 2.66. The quantitative estimate of drug-likeness (QED) is 0.808. The van der Waals surface area contributed by atoms with Crippen LogP contribution < -0.4 is 5.69 Å². The maximum Gasteiger partial charge on any atom is 0.349 e. The van der Waals surface area contributed by atoms with Crippen LogP contribution in [0.5, 0.6) is 0 Å². The molecule has 0 aromatic carbocycles. The van der Waals surface area contributed by atoms with Crippen molar-refractivity contribution in [3.05, 3.63) is 40.7 Å². The van der Waals surface area contributed by atoms with Gasteiger partial charge in [-0.2, -0.15) is 9.78 Å². The number of hydrogen-bond acceptors (Lipinski definition) is 3. The number of aryl methyl sites for hydroxylation is 1. The van der Waals surface area contributed by atoms with Gasteiger partial charge >= 0.3 is 5.69 Å². The van der Waals surface area contributed by atoms with Crippen LogP contribution in [0.15, 0.2) is 29.5 Å². The first-order valence-electron chi connectivity index (χ1n) is 4.89. The van der Waals surface area contributed by atoms with Crippen LogP contribution in [-0.4, -0.2) is 19.7 Å². The Morgan fingerprint density at radius 2 is 2.33 bits per heavy atom. The van der Waals surface area contributed by atoms with Crippen LogP contribution >= 0.6 is 0 Å². The lowest BCUT2D eigenvalue weighted by atomic mass is 10.2. The molecule has 0 bridgehead atoms. The smallest absolute Gasteiger partial charge is 0.295 e. The SMILES string of the molecule is CCCc1ccc(-n2nc[nH]c2=O)nc1. The summed E-state index contributed by atoms with van der Waals surface area (Å²) in [5, 5.41) is 3.85. The first kappa shape index (κ1) is 9.64. The fourth-order valence-corrected chi connectivity index (χ4v) is 1.40. The molecule has 0 aliphatic carbocycles. The summed E-state index contributed by atoms with van der Waals surface area (Å²) in [6.07, 6.45) is 5.22. The van der Waals surface area contributed by atoms with Crippen molar-refractivity contribution in [3.8, 4) is 5.82 Å². The summed E-state index contributed by atoms with van der Waals surface area (Å²) in [6, 6.07) is 3.76. The molecule has 0 unspecified atom stereocenters. The third-order valence-electron chi connectivity index (χ3n) is 2.12. The second-order valence-corrected chi connectivity index (χ2v) is 3.28. The molecule has 0 aliphatic rings. The molecule has 0 radical (unpaired) electrons. The zero-order valence-corrected chi connectivity index (χ0v) is 8.47. The van der Waals surface area contributed by atoms with E-state index in [4.69, 9.17) is 0 Å². The number of nitrogens with one attached hydrogen (secondary N) is 1. The van der Waals surface area contributed by atoms with Crippen LogP contribution in [0.4, 0.5) is 0 Å². The first-order chi connectivity index (χ1) is 7.31. The number of pyridine rings is 1. The summed E-state index contributed by atoms with van der Waals surface area (Å²) in [5.74, 6) is 0.543. The van der Waals surface area contributed by atoms with E-state index in [2.05, 4.69) is 22.0 Å². The molecule has 0 aliphatic heterocycles. The Hall–Kier alpha value is -1.91. The average molecular weight is 204 g/mol. The van der Waals surface area contributed by atoms with E-state index >= 15 is 0 Å². The van der Waals surface area contributed by atoms with Crippen LogP contribution in [0.3, 0.4) is 0 Å². The highest BCUT2D eigenvalue weighted by Gasteiger charge is 2.02. The van der Waals surface area contributed by atoms with Gasteiger partial charge in [0.15, 0.2) is 5.82 Å². The number of aromatic nitrogens is 4. The van der Waals surface area contributed by atoms with Crippen LogP contribution in [-0.2, 0) is 6.42 Å². The van der Waals surface area contributed by atoms with Crippen molar-refractivity contribution in [2.24, 2.45) is 0 Å². The number of aromatic amines is 1. The van der Waals surface area contributed by atoms with Gasteiger partial charge in [-0.15, -0.1) is 0 Å². The van der Waals surface area contributed by atoms with Gasteiger partial charge in [0.25, 0.3) is 0 Å². The van der Waals surface area contributed by atoms with Crippen LogP contribution in [0.1, 0.15) is 18.9 Å². The van der Waals surface area contributed by atoms with Crippen LogP contribution in [0.25, 0.3) is 5.82 Å². The molecule has 0 saturated carbocycles. The van der Waals surface area contributed by atoms with E-state index in [0.29, 0.717) is 5.82 Å². The Labute approximate surface area is 86.8 Å². The maximum atomic E-state index is 11.2. The zero-order chi connectivity index (χ0) is 10.7. The lowest BCUT2D eigenvalue weighted by molar-refractivity contribution is 0.807. The fourth-order valence-electron chi connectivity index (χ4n) is 1.40. The third kappa shape index (κ3) is 1.96. The molecule has 2 aromatic heterocycles. The summed E-state index contributed by atoms with van der Waals surface area (Å²) in [7, 11) is 0. The monoisotopic (exact) mass is 204 g/mol. The molecule has 2 rings (SSSR count). The van der Waals surface area contributed by atoms with Crippen molar-refractivity contribution in [3.63, 3.8) is 0 Å². The largest absolute Gasteiger partial charge is 0.349 e. The molecule has 0 atom stereocenters. The minimum atomic E-state index is -0.272. The molecule has 2 aromatic rings. The molecule has 0 spiro atoms. The summed E-state index contributed by atoms with van der Waals surface area (Å²) < 4.78 is 1.23. The van der Waals surface area contributed by atoms with Gasteiger partial charge < -0.3 is 0 Å². The molecule has 0 fully saturated rings. The zero-order valence-electron chi connectivity index (χ0n) is 8.47. The van der Waals surface area contributed by atoms with Crippen molar-refractivity contribution >= 4 is 0 Å². The van der Waals surface area contributed by atoms with Crippen molar-refractivity contribution < 1.29 is 0 Å². The molecule has 2 heterocycles. The highest BCUT2D eigenvalue weighted by Crippen LogP contribution is 2.04. The van der Waals surface area contributed by atoms with E-state index < -0.39 is 0 Å². The molecule has 78 valence electrons. The van der Waals surface area contributed by atoms with Gasteiger partial charge in [0.2, 0.25) is 0 Å². The first-order valence-corrected chi connectivity index (χ1v) is 4.89. The molecule has 5 heteroatoms. The molecule has 5 nitrogen and oxygen atoms in total. The molecule has 0 saturated heterocycles. The number of rotatable bonds is 3. The van der Waals surface area contributed by atoms with Crippen LogP contribution in [0.2, 0.25) is 0 Å². The predicted molar refractivity (Wildman–Crippen MR) is 56.0 cm³/mol. The van der Waals surface area contributed by atoms with E-state index in [1.807, 2.05) is 6.07 Å². The van der Waals surface area contributed by atoms with Crippen LogP contribution in [0, 0.1) is 0 Å². The number of H-pyrrole nitrogens is 1. The Morgan fingerprint density at radius 1 is 1.47 bits per heavy atom. The lowest BCUT2D eigenvalue weighted by Crippen LogP contribution is -2.17. The van der Waals surface area contributed by atoms with E-state index in [-0.39, 0.29) is 5.69 Å². The lowest BCUT2D eigenvalue weighted by Gasteiger charge is -2.00. The fraction of sp³-hybridized carbons (Fsp3) is 0.300. The molecule has 0 amide bonds. The van der Waals surface area contributed by atoms with Gasteiger partial charge in [0, 0.05) is 6.20 Å². The standard InChI is InChI=1S/C10H12N4O/c1-2-3-8-4-5-9(11-6-8)14-10(15)12-7-13-14/h4-7H,2-3H2,1H3,(H,12,13,15).